The third-order valence-corrected chi connectivity index (χ3v) is 6.63. The third kappa shape index (κ3) is 6.40. The Morgan fingerprint density at radius 3 is 2.46 bits per heavy atom. The molecule has 37 heavy (non-hydrogen) atoms. The Kier molecular flexibility index (Phi) is 8.30. The van der Waals surface area contributed by atoms with Crippen LogP contribution < -0.4 is 20.1 Å². The Labute approximate surface area is 219 Å². The topological polar surface area (TPSA) is 133 Å². The number of amides is 2. The lowest BCUT2D eigenvalue weighted by Crippen LogP contribution is -2.24. The molecular formula is C23H22FN7O4S2. The molecule has 2 aromatic carbocycles. The van der Waals surface area contributed by atoms with Gasteiger partial charge in [-0.3, -0.25) is 19.5 Å². The molecule has 0 spiro atoms. The Hall–Kier alpha value is -4.04. The van der Waals surface area contributed by atoms with Crippen molar-refractivity contribution in [2.45, 2.75) is 18.6 Å². The Bertz CT molecular complexity index is 1410. The zero-order valence-corrected chi connectivity index (χ0v) is 21.7. The van der Waals surface area contributed by atoms with E-state index in [1.807, 2.05) is 0 Å². The molecule has 4 rings (SSSR count). The average molecular weight is 544 g/mol. The molecule has 0 saturated carbocycles. The minimum Gasteiger partial charge on any atom is -0.493 e. The molecule has 0 aliphatic rings. The number of carbonyl (C=O) groups is 2. The number of ether oxygens (including phenoxy) is 2. The summed E-state index contributed by atoms with van der Waals surface area (Å²) >= 11 is 2.41. The van der Waals surface area contributed by atoms with Gasteiger partial charge in [-0.05, 0) is 49.4 Å². The van der Waals surface area contributed by atoms with Gasteiger partial charge in [0, 0.05) is 11.3 Å². The molecular weight excluding hydrogens is 521 g/mol. The number of benzene rings is 2. The summed E-state index contributed by atoms with van der Waals surface area (Å²) in [6.45, 7) is 1.81. The van der Waals surface area contributed by atoms with Crippen LogP contribution in [0.4, 0.5) is 9.52 Å². The molecule has 2 amide bonds. The number of nitrogens with one attached hydrogen (secondary N) is 2. The van der Waals surface area contributed by atoms with Gasteiger partial charge in [0.05, 0.1) is 26.5 Å². The second kappa shape index (κ2) is 11.8. The van der Waals surface area contributed by atoms with Crippen LogP contribution >= 0.6 is 23.1 Å². The summed E-state index contributed by atoms with van der Waals surface area (Å²) in [4.78, 5) is 25.2. The summed E-state index contributed by atoms with van der Waals surface area (Å²) in [5.74, 6) is 0.279. The lowest BCUT2D eigenvalue weighted by molar-refractivity contribution is -0.113. The minimum atomic E-state index is -0.402. The van der Waals surface area contributed by atoms with Crippen LogP contribution in [0.5, 0.6) is 11.5 Å². The van der Waals surface area contributed by atoms with Crippen molar-refractivity contribution in [2.24, 2.45) is 0 Å². The van der Waals surface area contributed by atoms with Crippen LogP contribution in [0, 0.1) is 12.7 Å². The highest BCUT2D eigenvalue weighted by Gasteiger charge is 2.18. The van der Waals surface area contributed by atoms with E-state index in [9.17, 15) is 14.0 Å². The number of hydrogen-bond acceptors (Lipinski definition) is 10. The first-order chi connectivity index (χ1) is 17.9. The normalized spacial score (nSPS) is 10.7. The molecule has 0 aliphatic heterocycles. The van der Waals surface area contributed by atoms with Crippen molar-refractivity contribution in [1.82, 2.24) is 30.3 Å². The highest BCUT2D eigenvalue weighted by molar-refractivity contribution is 7.99. The minimum absolute atomic E-state index is 0.0222. The van der Waals surface area contributed by atoms with E-state index in [0.717, 1.165) is 16.8 Å². The molecule has 2 N–H and O–H groups in total. The maximum Gasteiger partial charge on any atom is 0.251 e. The van der Waals surface area contributed by atoms with E-state index >= 15 is 0 Å². The fraction of sp³-hybridized carbons (Fsp3) is 0.217. The van der Waals surface area contributed by atoms with Crippen LogP contribution in [-0.4, -0.2) is 56.7 Å². The number of thioether (sulfide) groups is 1. The van der Waals surface area contributed by atoms with Gasteiger partial charge in [-0.1, -0.05) is 23.1 Å². The monoisotopic (exact) mass is 543 g/mol. The van der Waals surface area contributed by atoms with Crippen molar-refractivity contribution in [3.05, 3.63) is 64.7 Å². The lowest BCUT2D eigenvalue weighted by atomic mass is 10.2. The van der Waals surface area contributed by atoms with Crippen LogP contribution in [0.2, 0.25) is 0 Å². The van der Waals surface area contributed by atoms with Crippen LogP contribution in [0.25, 0.3) is 5.69 Å². The Balaban J connectivity index is 1.50. The fourth-order valence-corrected chi connectivity index (χ4v) is 4.61. The van der Waals surface area contributed by atoms with Gasteiger partial charge in [0.25, 0.3) is 5.91 Å². The summed E-state index contributed by atoms with van der Waals surface area (Å²) in [6.07, 6.45) is 0. The first-order valence-corrected chi connectivity index (χ1v) is 12.6. The SMILES string of the molecule is COc1ccc(C(=O)NCc2nnc(SCC(=O)Nc3nnc(C)s3)n2-c2ccc(F)cc2)cc1OC. The summed E-state index contributed by atoms with van der Waals surface area (Å²) in [7, 11) is 3.00. The number of aromatic nitrogens is 5. The number of rotatable bonds is 10. The number of aryl methyl sites for hydroxylation is 1. The van der Waals surface area contributed by atoms with E-state index in [-0.39, 0.29) is 24.1 Å². The van der Waals surface area contributed by atoms with Crippen molar-refractivity contribution in [3.63, 3.8) is 0 Å². The van der Waals surface area contributed by atoms with Gasteiger partial charge in [0.1, 0.15) is 10.8 Å². The van der Waals surface area contributed by atoms with Gasteiger partial charge < -0.3 is 14.8 Å². The highest BCUT2D eigenvalue weighted by Crippen LogP contribution is 2.28. The Morgan fingerprint density at radius 2 is 1.78 bits per heavy atom. The molecule has 0 aliphatic carbocycles. The second-order valence-electron chi connectivity index (χ2n) is 7.43. The molecule has 0 bridgehead atoms. The van der Waals surface area contributed by atoms with Crippen LogP contribution in [-0.2, 0) is 11.3 Å². The quantitative estimate of drug-likeness (QED) is 0.289. The number of hydrogen-bond donors (Lipinski definition) is 2. The van der Waals surface area contributed by atoms with Crippen molar-refractivity contribution >= 4 is 40.0 Å². The fourth-order valence-electron chi connectivity index (χ4n) is 3.23. The van der Waals surface area contributed by atoms with Gasteiger partial charge in [-0.25, -0.2) is 4.39 Å². The summed E-state index contributed by atoms with van der Waals surface area (Å²) in [6, 6.07) is 10.6. The molecule has 0 fully saturated rings. The molecule has 2 aromatic heterocycles. The number of halogens is 1. The van der Waals surface area contributed by atoms with Crippen molar-refractivity contribution in [3.8, 4) is 17.2 Å². The second-order valence-corrected chi connectivity index (χ2v) is 9.55. The van der Waals surface area contributed by atoms with E-state index in [2.05, 4.69) is 31.0 Å². The summed E-state index contributed by atoms with van der Waals surface area (Å²) in [5, 5.41) is 23.2. The molecule has 0 atom stereocenters. The first kappa shape index (κ1) is 26.0. The number of anilines is 1. The molecule has 0 saturated heterocycles. The standard InChI is InChI=1S/C23H22FN7O4S2/c1-13-27-29-22(37-13)26-20(32)12-36-23-30-28-19(31(23)16-7-5-15(24)6-8-16)11-25-21(33)14-4-9-17(34-2)18(10-14)35-3/h4-10H,11-12H2,1-3H3,(H,25,33)(H,26,29,32). The lowest BCUT2D eigenvalue weighted by Gasteiger charge is -2.12. The first-order valence-electron chi connectivity index (χ1n) is 10.8. The third-order valence-electron chi connectivity index (χ3n) is 4.94. The molecule has 11 nitrogen and oxygen atoms in total. The summed E-state index contributed by atoms with van der Waals surface area (Å²) in [5.41, 5.74) is 0.938. The predicted octanol–water partition coefficient (Wildman–Crippen LogP) is 3.24. The smallest absolute Gasteiger partial charge is 0.251 e. The molecule has 0 radical (unpaired) electrons. The van der Waals surface area contributed by atoms with E-state index < -0.39 is 5.82 Å². The van der Waals surface area contributed by atoms with Crippen molar-refractivity contribution in [2.75, 3.05) is 25.3 Å². The molecule has 0 unspecified atom stereocenters. The largest absolute Gasteiger partial charge is 0.493 e. The van der Waals surface area contributed by atoms with E-state index in [1.165, 1.54) is 37.7 Å². The van der Waals surface area contributed by atoms with Crippen LogP contribution in [0.3, 0.4) is 0 Å². The number of nitrogens with zero attached hydrogens (tertiary/aromatic N) is 5. The molecule has 4 aromatic rings. The zero-order chi connectivity index (χ0) is 26.4. The molecule has 14 heteroatoms. The molecule has 192 valence electrons. The zero-order valence-electron chi connectivity index (χ0n) is 20.0. The highest BCUT2D eigenvalue weighted by atomic mass is 32.2. The van der Waals surface area contributed by atoms with Gasteiger partial charge in [-0.2, -0.15) is 0 Å². The average Bonchev–Trinajstić information content (AvgIpc) is 3.51. The van der Waals surface area contributed by atoms with Crippen LogP contribution in [0.1, 0.15) is 21.2 Å². The van der Waals surface area contributed by atoms with Gasteiger partial charge in [-0.15, -0.1) is 20.4 Å². The maximum absolute atomic E-state index is 13.6. The van der Waals surface area contributed by atoms with Gasteiger partial charge >= 0.3 is 0 Å². The summed E-state index contributed by atoms with van der Waals surface area (Å²) < 4.78 is 25.7. The molecule has 2 heterocycles. The van der Waals surface area contributed by atoms with E-state index in [4.69, 9.17) is 9.47 Å². The number of methoxy groups -OCH3 is 2. The van der Waals surface area contributed by atoms with Gasteiger partial charge in [0.15, 0.2) is 22.5 Å². The number of carbonyl (C=O) groups excluding carboxylic acids is 2. The van der Waals surface area contributed by atoms with Crippen molar-refractivity contribution < 1.29 is 23.5 Å². The van der Waals surface area contributed by atoms with Gasteiger partial charge in [0.2, 0.25) is 11.0 Å². The Morgan fingerprint density at radius 1 is 1.03 bits per heavy atom. The maximum atomic E-state index is 13.6. The predicted molar refractivity (Wildman–Crippen MR) is 136 cm³/mol. The van der Waals surface area contributed by atoms with E-state index in [1.54, 1.807) is 41.8 Å². The van der Waals surface area contributed by atoms with Crippen LogP contribution in [0.15, 0.2) is 47.6 Å². The van der Waals surface area contributed by atoms with Crippen molar-refractivity contribution in [1.29, 1.82) is 0 Å². The van der Waals surface area contributed by atoms with E-state index in [0.29, 0.717) is 38.9 Å².